The minimum Gasteiger partial charge on any atom is -0.204 e. The van der Waals surface area contributed by atoms with E-state index >= 15 is 0 Å². The molecule has 0 saturated carbocycles. The molecule has 0 aliphatic heterocycles. The van der Waals surface area contributed by atoms with E-state index in [0.717, 1.165) is 24.6 Å². The van der Waals surface area contributed by atoms with Crippen LogP contribution < -0.4 is 9.13 Å². The minimum atomic E-state index is 1.08. The first kappa shape index (κ1) is 15.4. The molecule has 2 aromatic heterocycles. The van der Waals surface area contributed by atoms with Crippen LogP contribution in [0.4, 0.5) is 0 Å². The maximum Gasteiger partial charge on any atom is 0.171 e. The van der Waals surface area contributed by atoms with Gasteiger partial charge in [-0.1, -0.05) is 21.6 Å². The van der Waals surface area contributed by atoms with Gasteiger partial charge in [0.2, 0.25) is 0 Å². The van der Waals surface area contributed by atoms with Crippen molar-refractivity contribution in [1.29, 1.82) is 0 Å². The molecule has 0 atom stereocenters. The molecule has 20 heavy (non-hydrogen) atoms. The summed E-state index contributed by atoms with van der Waals surface area (Å²) in [5.74, 6) is 2.30. The van der Waals surface area contributed by atoms with E-state index in [1.165, 1.54) is 11.1 Å². The summed E-state index contributed by atoms with van der Waals surface area (Å²) in [7, 11) is 3.92. The topological polar surface area (TPSA) is 7.76 Å². The van der Waals surface area contributed by atoms with Gasteiger partial charge in [-0.2, -0.15) is 0 Å². The van der Waals surface area contributed by atoms with Crippen LogP contribution in [0.25, 0.3) is 0 Å². The minimum absolute atomic E-state index is 1.08. The molecule has 2 nitrogen and oxygen atoms in total. The zero-order chi connectivity index (χ0) is 14.2. The van der Waals surface area contributed by atoms with Gasteiger partial charge in [-0.15, -0.1) is 0 Å². The Hall–Kier alpha value is -1.00. The molecule has 0 radical (unpaired) electrons. The predicted octanol–water partition coefficient (Wildman–Crippen LogP) is 2.96. The van der Waals surface area contributed by atoms with Crippen molar-refractivity contribution in [2.75, 3.05) is 11.5 Å². The average Bonchev–Trinajstić information content (AvgIpc) is 2.43. The van der Waals surface area contributed by atoms with Crippen molar-refractivity contribution in [3.63, 3.8) is 0 Å². The Morgan fingerprint density at radius 3 is 1.65 bits per heavy atom. The molecule has 0 fully saturated rings. The number of pyridine rings is 2. The van der Waals surface area contributed by atoms with Crippen LogP contribution in [0.15, 0.2) is 49.1 Å². The lowest BCUT2D eigenvalue weighted by Gasteiger charge is -1.99. The van der Waals surface area contributed by atoms with Gasteiger partial charge in [-0.25, -0.2) is 9.13 Å². The smallest absolute Gasteiger partial charge is 0.171 e. The maximum absolute atomic E-state index is 2.26. The van der Waals surface area contributed by atoms with Gasteiger partial charge in [0.05, 0.1) is 11.5 Å². The van der Waals surface area contributed by atoms with E-state index < -0.39 is 0 Å². The molecule has 0 aliphatic rings. The first-order chi connectivity index (χ1) is 9.74. The fraction of sp³-hybridized carbons (Fsp3) is 0.375. The first-order valence-electron chi connectivity index (χ1n) is 6.90. The zero-order valence-electron chi connectivity index (χ0n) is 12.2. The van der Waals surface area contributed by atoms with Gasteiger partial charge in [0.25, 0.3) is 0 Å². The molecule has 0 amide bonds. The zero-order valence-corrected chi connectivity index (χ0v) is 13.8. The molecular formula is C16H22N2S2+2. The normalized spacial score (nSPS) is 10.7. The van der Waals surface area contributed by atoms with E-state index in [9.17, 15) is 0 Å². The van der Waals surface area contributed by atoms with Crippen LogP contribution in [0, 0.1) is 13.8 Å². The number of aryl methyl sites for hydroxylation is 4. The second kappa shape index (κ2) is 8.32. The molecular weight excluding hydrogens is 284 g/mol. The van der Waals surface area contributed by atoms with Gasteiger partial charge >= 0.3 is 0 Å². The monoisotopic (exact) mass is 306 g/mol. The highest BCUT2D eigenvalue weighted by molar-refractivity contribution is 8.76. The number of hydrogen-bond donors (Lipinski definition) is 0. The second-order valence-corrected chi connectivity index (χ2v) is 7.58. The molecule has 2 aromatic rings. The summed E-state index contributed by atoms with van der Waals surface area (Å²) in [5, 5.41) is 0. The van der Waals surface area contributed by atoms with Crippen LogP contribution in [0.3, 0.4) is 0 Å². The Morgan fingerprint density at radius 1 is 0.800 bits per heavy atom. The van der Waals surface area contributed by atoms with Gasteiger partial charge in [0.15, 0.2) is 37.9 Å². The molecule has 2 rings (SSSR count). The van der Waals surface area contributed by atoms with Crippen molar-refractivity contribution in [2.45, 2.75) is 26.9 Å². The second-order valence-electron chi connectivity index (χ2n) is 4.88. The van der Waals surface area contributed by atoms with Crippen molar-refractivity contribution in [1.82, 2.24) is 0 Å². The van der Waals surface area contributed by atoms with Gasteiger partial charge in [0, 0.05) is 23.3 Å². The fourth-order valence-electron chi connectivity index (χ4n) is 1.99. The van der Waals surface area contributed by atoms with E-state index in [0.29, 0.717) is 0 Å². The highest BCUT2D eigenvalue weighted by Crippen LogP contribution is 2.20. The lowest BCUT2D eigenvalue weighted by molar-refractivity contribution is -0.693. The molecule has 0 aliphatic carbocycles. The Morgan fingerprint density at radius 2 is 1.25 bits per heavy atom. The Bertz CT molecular complexity index is 494. The van der Waals surface area contributed by atoms with Crippen molar-refractivity contribution < 1.29 is 9.13 Å². The lowest BCUT2D eigenvalue weighted by Crippen LogP contribution is -2.34. The third kappa shape index (κ3) is 5.55. The molecule has 0 bridgehead atoms. The number of rotatable bonds is 7. The van der Waals surface area contributed by atoms with Crippen LogP contribution in [0.2, 0.25) is 0 Å². The van der Waals surface area contributed by atoms with Crippen molar-refractivity contribution >= 4 is 21.6 Å². The summed E-state index contributed by atoms with van der Waals surface area (Å²) in [4.78, 5) is 0. The quantitative estimate of drug-likeness (QED) is 0.441. The van der Waals surface area contributed by atoms with E-state index in [4.69, 9.17) is 0 Å². The number of nitrogens with zero attached hydrogens (tertiary/aromatic N) is 2. The molecule has 0 spiro atoms. The SMILES string of the molecule is Cc1ccc[n+](CCSSCC[n+]2cccc(C)c2)c1. The Balaban J connectivity index is 1.60. The molecule has 106 valence electrons. The standard InChI is InChI=1S/C16H22N2S2/c1-15-5-3-7-17(13-15)9-11-19-20-12-10-18-8-4-6-16(2)14-18/h3-8,13-14H,9-12H2,1-2H3/q+2. The van der Waals surface area contributed by atoms with E-state index in [-0.39, 0.29) is 0 Å². The first-order valence-corrected chi connectivity index (χ1v) is 9.39. The van der Waals surface area contributed by atoms with E-state index in [2.05, 4.69) is 72.0 Å². The molecule has 0 aromatic carbocycles. The Kier molecular flexibility index (Phi) is 6.40. The third-order valence-electron chi connectivity index (χ3n) is 2.96. The fourth-order valence-corrected chi connectivity index (χ4v) is 3.95. The molecule has 0 unspecified atom stereocenters. The van der Waals surface area contributed by atoms with E-state index in [1.807, 2.05) is 21.6 Å². The summed E-state index contributed by atoms with van der Waals surface area (Å²) in [6, 6.07) is 8.50. The number of hydrogen-bond acceptors (Lipinski definition) is 2. The lowest BCUT2D eigenvalue weighted by atomic mass is 10.3. The highest BCUT2D eigenvalue weighted by atomic mass is 33.1. The van der Waals surface area contributed by atoms with Gasteiger partial charge in [0.1, 0.15) is 0 Å². The van der Waals surface area contributed by atoms with Gasteiger partial charge in [-0.05, 0) is 26.0 Å². The van der Waals surface area contributed by atoms with Gasteiger partial charge in [-0.3, -0.25) is 0 Å². The van der Waals surface area contributed by atoms with Crippen molar-refractivity contribution in [2.24, 2.45) is 0 Å². The summed E-state index contributed by atoms with van der Waals surface area (Å²) in [6.45, 7) is 6.43. The Labute approximate surface area is 129 Å². The van der Waals surface area contributed by atoms with E-state index in [1.54, 1.807) is 0 Å². The van der Waals surface area contributed by atoms with Crippen LogP contribution in [-0.2, 0) is 13.1 Å². The summed E-state index contributed by atoms with van der Waals surface area (Å²) < 4.78 is 4.52. The molecule has 0 N–H and O–H groups in total. The van der Waals surface area contributed by atoms with Crippen molar-refractivity contribution in [3.8, 4) is 0 Å². The number of aromatic nitrogens is 2. The van der Waals surface area contributed by atoms with Crippen molar-refractivity contribution in [3.05, 3.63) is 60.2 Å². The van der Waals surface area contributed by atoms with Crippen LogP contribution in [0.5, 0.6) is 0 Å². The average molecular weight is 307 g/mol. The van der Waals surface area contributed by atoms with Crippen LogP contribution in [0.1, 0.15) is 11.1 Å². The summed E-state index contributed by atoms with van der Waals surface area (Å²) >= 11 is 0. The largest absolute Gasteiger partial charge is 0.204 e. The predicted molar refractivity (Wildman–Crippen MR) is 87.7 cm³/mol. The molecule has 0 saturated heterocycles. The summed E-state index contributed by atoms with van der Waals surface area (Å²) in [6.07, 6.45) is 8.68. The highest BCUT2D eigenvalue weighted by Gasteiger charge is 2.03. The molecule has 2 heterocycles. The van der Waals surface area contributed by atoms with Crippen LogP contribution >= 0.6 is 21.6 Å². The van der Waals surface area contributed by atoms with Crippen LogP contribution in [-0.4, -0.2) is 11.5 Å². The molecule has 4 heteroatoms. The third-order valence-corrected chi connectivity index (χ3v) is 5.33. The van der Waals surface area contributed by atoms with Gasteiger partial charge < -0.3 is 0 Å². The maximum atomic E-state index is 2.26. The summed E-state index contributed by atoms with van der Waals surface area (Å²) in [5.41, 5.74) is 2.64.